The van der Waals surface area contributed by atoms with E-state index in [1.54, 1.807) is 24.4 Å². The highest BCUT2D eigenvalue weighted by Gasteiger charge is 2.14. The summed E-state index contributed by atoms with van der Waals surface area (Å²) in [6, 6.07) is 12.6. The summed E-state index contributed by atoms with van der Waals surface area (Å²) < 4.78 is 4.26. The van der Waals surface area contributed by atoms with Crippen LogP contribution in [-0.4, -0.2) is 31.5 Å². The second kappa shape index (κ2) is 9.38. The van der Waals surface area contributed by atoms with Gasteiger partial charge in [-0.1, -0.05) is 22.9 Å². The van der Waals surface area contributed by atoms with Gasteiger partial charge in [0.25, 0.3) is 5.56 Å². The molecule has 7 nitrogen and oxygen atoms in total. The molecular formula is C26H25BrN4O3. The summed E-state index contributed by atoms with van der Waals surface area (Å²) in [6.45, 7) is 7.89. The lowest BCUT2D eigenvalue weighted by Gasteiger charge is -2.13. The molecule has 0 saturated carbocycles. The normalized spacial score (nSPS) is 11.6. The summed E-state index contributed by atoms with van der Waals surface area (Å²) >= 11 is 3.43. The van der Waals surface area contributed by atoms with Crippen molar-refractivity contribution in [3.05, 3.63) is 91.2 Å². The first-order valence-electron chi connectivity index (χ1n) is 11.0. The monoisotopic (exact) mass is 520 g/mol. The fourth-order valence-corrected chi connectivity index (χ4v) is 4.51. The molecule has 4 aromatic rings. The van der Waals surface area contributed by atoms with Crippen LogP contribution in [0.25, 0.3) is 16.6 Å². The summed E-state index contributed by atoms with van der Waals surface area (Å²) in [5.74, 6) is -0.333. The van der Waals surface area contributed by atoms with Gasteiger partial charge in [0.05, 0.1) is 22.7 Å². The Morgan fingerprint density at radius 2 is 1.91 bits per heavy atom. The van der Waals surface area contributed by atoms with Gasteiger partial charge in [-0.05, 0) is 75.2 Å². The number of nitrogens with zero attached hydrogens (tertiary/aromatic N) is 4. The van der Waals surface area contributed by atoms with Crippen LogP contribution in [0.1, 0.15) is 52.0 Å². The second-order valence-electron chi connectivity index (χ2n) is 8.27. The second-order valence-corrected chi connectivity index (χ2v) is 9.19. The van der Waals surface area contributed by atoms with Crippen molar-refractivity contribution in [2.45, 2.75) is 40.5 Å². The number of fused-ring (bicyclic) bond motifs is 1. The van der Waals surface area contributed by atoms with E-state index in [2.05, 4.69) is 30.6 Å². The number of hydrogen-bond acceptors (Lipinski definition) is 4. The molecule has 0 bridgehead atoms. The van der Waals surface area contributed by atoms with Crippen molar-refractivity contribution in [1.82, 2.24) is 14.2 Å². The molecule has 0 aliphatic rings. The lowest BCUT2D eigenvalue weighted by Crippen LogP contribution is -2.22. The van der Waals surface area contributed by atoms with Gasteiger partial charge >= 0.3 is 5.97 Å². The summed E-state index contributed by atoms with van der Waals surface area (Å²) in [7, 11) is 0. The Bertz CT molecular complexity index is 1510. The largest absolute Gasteiger partial charge is 0.478 e. The Labute approximate surface area is 205 Å². The molecule has 2 aromatic heterocycles. The van der Waals surface area contributed by atoms with E-state index in [9.17, 15) is 14.7 Å². The number of aryl methyl sites for hydroxylation is 3. The summed E-state index contributed by atoms with van der Waals surface area (Å²) in [5.41, 5.74) is 5.24. The van der Waals surface area contributed by atoms with Crippen molar-refractivity contribution < 1.29 is 9.90 Å². The molecule has 0 fully saturated rings. The number of carboxylic acid groups (broad SMARTS) is 1. The number of carboxylic acids is 1. The SMILES string of the molecule is CCCc1nc2ccc(Br)cc2c(=O)n1N=Cc1cc(C)n(-c2ccc(C(=O)O)cc2C)c1C. The number of rotatable bonds is 6. The minimum atomic E-state index is -0.951. The first-order valence-corrected chi connectivity index (χ1v) is 11.8. The standard InChI is InChI=1S/C26H25BrN4O3/c1-5-6-24-29-22-9-8-20(27)13-21(22)25(32)31(24)28-14-19-12-16(3)30(17(19)4)23-10-7-18(26(33)34)11-15(23)2/h7-14H,5-6H2,1-4H3,(H,33,34). The zero-order chi connectivity index (χ0) is 24.6. The van der Waals surface area contributed by atoms with E-state index in [1.807, 2.05) is 52.0 Å². The Balaban J connectivity index is 1.80. The van der Waals surface area contributed by atoms with Crippen molar-refractivity contribution in [3.63, 3.8) is 0 Å². The minimum absolute atomic E-state index is 0.208. The number of halogens is 1. The van der Waals surface area contributed by atoms with Crippen LogP contribution in [0.2, 0.25) is 0 Å². The van der Waals surface area contributed by atoms with E-state index in [4.69, 9.17) is 0 Å². The van der Waals surface area contributed by atoms with Crippen LogP contribution in [0, 0.1) is 20.8 Å². The van der Waals surface area contributed by atoms with E-state index >= 15 is 0 Å². The number of hydrogen-bond donors (Lipinski definition) is 1. The highest BCUT2D eigenvalue weighted by Crippen LogP contribution is 2.24. The molecule has 0 aliphatic carbocycles. The molecule has 0 atom stereocenters. The fraction of sp³-hybridized carbons (Fsp3) is 0.231. The lowest BCUT2D eigenvalue weighted by molar-refractivity contribution is 0.0697. The third-order valence-corrected chi connectivity index (χ3v) is 6.31. The molecule has 8 heteroatoms. The van der Waals surface area contributed by atoms with Gasteiger partial charge < -0.3 is 9.67 Å². The van der Waals surface area contributed by atoms with Crippen LogP contribution in [0.4, 0.5) is 0 Å². The van der Waals surface area contributed by atoms with Gasteiger partial charge in [0.15, 0.2) is 0 Å². The predicted molar refractivity (Wildman–Crippen MR) is 138 cm³/mol. The third-order valence-electron chi connectivity index (χ3n) is 5.82. The lowest BCUT2D eigenvalue weighted by atomic mass is 10.1. The Morgan fingerprint density at radius 1 is 1.15 bits per heavy atom. The fourth-order valence-electron chi connectivity index (χ4n) is 4.15. The van der Waals surface area contributed by atoms with Crippen LogP contribution >= 0.6 is 15.9 Å². The molecule has 4 rings (SSSR count). The van der Waals surface area contributed by atoms with Crippen molar-refractivity contribution in [1.29, 1.82) is 0 Å². The predicted octanol–water partition coefficient (Wildman–Crippen LogP) is 5.41. The quantitative estimate of drug-likeness (QED) is 0.344. The van der Waals surface area contributed by atoms with Crippen LogP contribution in [0.3, 0.4) is 0 Å². The van der Waals surface area contributed by atoms with Crippen molar-refractivity contribution >= 4 is 39.0 Å². The van der Waals surface area contributed by atoms with E-state index in [-0.39, 0.29) is 11.1 Å². The average Bonchev–Trinajstić information content (AvgIpc) is 3.07. The van der Waals surface area contributed by atoms with Gasteiger partial charge in [-0.3, -0.25) is 4.79 Å². The van der Waals surface area contributed by atoms with E-state index < -0.39 is 5.97 Å². The van der Waals surface area contributed by atoms with Crippen molar-refractivity contribution in [3.8, 4) is 5.69 Å². The molecule has 1 N–H and O–H groups in total. The topological polar surface area (TPSA) is 89.5 Å². The number of aromatic nitrogens is 3. The summed E-state index contributed by atoms with van der Waals surface area (Å²) in [5, 5.41) is 14.3. The molecule has 2 aromatic carbocycles. The number of carbonyl (C=O) groups is 1. The highest BCUT2D eigenvalue weighted by molar-refractivity contribution is 9.10. The van der Waals surface area contributed by atoms with Crippen LogP contribution in [-0.2, 0) is 6.42 Å². The number of benzene rings is 2. The maximum absolute atomic E-state index is 13.2. The smallest absolute Gasteiger partial charge is 0.335 e. The molecule has 0 spiro atoms. The van der Waals surface area contributed by atoms with Gasteiger partial charge in [0.2, 0.25) is 0 Å². The van der Waals surface area contributed by atoms with E-state index in [0.717, 1.165) is 39.1 Å². The summed E-state index contributed by atoms with van der Waals surface area (Å²) in [4.78, 5) is 29.2. The minimum Gasteiger partial charge on any atom is -0.478 e. The molecule has 0 aliphatic heterocycles. The van der Waals surface area contributed by atoms with Gasteiger partial charge in [-0.25, -0.2) is 9.78 Å². The van der Waals surface area contributed by atoms with E-state index in [1.165, 1.54) is 4.68 Å². The Morgan fingerprint density at radius 3 is 2.59 bits per heavy atom. The molecule has 0 saturated heterocycles. The first-order chi connectivity index (χ1) is 16.2. The molecule has 0 radical (unpaired) electrons. The maximum atomic E-state index is 13.2. The van der Waals surface area contributed by atoms with Crippen molar-refractivity contribution in [2.75, 3.05) is 0 Å². The van der Waals surface area contributed by atoms with Crippen LogP contribution in [0.5, 0.6) is 0 Å². The maximum Gasteiger partial charge on any atom is 0.335 e. The molecular weight excluding hydrogens is 496 g/mol. The highest BCUT2D eigenvalue weighted by atomic mass is 79.9. The molecule has 0 amide bonds. The zero-order valence-electron chi connectivity index (χ0n) is 19.5. The Kier molecular flexibility index (Phi) is 6.52. The molecule has 174 valence electrons. The molecule has 2 heterocycles. The van der Waals surface area contributed by atoms with Gasteiger partial charge in [0, 0.05) is 33.5 Å². The molecule has 34 heavy (non-hydrogen) atoms. The van der Waals surface area contributed by atoms with Gasteiger partial charge in [-0.15, -0.1) is 0 Å². The number of aromatic carboxylic acids is 1. The van der Waals surface area contributed by atoms with Gasteiger partial charge in [0.1, 0.15) is 5.82 Å². The van der Waals surface area contributed by atoms with Crippen LogP contribution in [0.15, 0.2) is 56.8 Å². The third kappa shape index (κ3) is 4.33. The Hall–Kier alpha value is -3.52. The summed E-state index contributed by atoms with van der Waals surface area (Å²) in [6.07, 6.45) is 3.16. The zero-order valence-corrected chi connectivity index (χ0v) is 21.0. The molecule has 0 unspecified atom stereocenters. The van der Waals surface area contributed by atoms with Crippen LogP contribution < -0.4 is 5.56 Å². The van der Waals surface area contributed by atoms with E-state index in [0.29, 0.717) is 23.1 Å². The van der Waals surface area contributed by atoms with Gasteiger partial charge in [-0.2, -0.15) is 9.78 Å². The first kappa shape index (κ1) is 23.6. The van der Waals surface area contributed by atoms with Crippen molar-refractivity contribution in [2.24, 2.45) is 5.10 Å². The average molecular weight is 521 g/mol.